The van der Waals surface area contributed by atoms with Crippen LogP contribution in [-0.2, 0) is 6.42 Å². The Kier molecular flexibility index (Phi) is 4.34. The van der Waals surface area contributed by atoms with E-state index in [4.69, 9.17) is 0 Å². The fraction of sp³-hybridized carbons (Fsp3) is 0.143. The number of rotatable bonds is 4. The van der Waals surface area contributed by atoms with Gasteiger partial charge in [0.25, 0.3) is 5.91 Å². The minimum absolute atomic E-state index is 0.0423. The second-order valence-corrected chi connectivity index (χ2v) is 4.09. The molecule has 1 N–H and O–H groups in total. The number of nitrogens with one attached hydrogen (secondary N) is 1. The number of nitrogens with zero attached hydrogens (tertiary/aromatic N) is 1. The summed E-state index contributed by atoms with van der Waals surface area (Å²) < 4.78 is 39.4. The van der Waals surface area contributed by atoms with Crippen LogP contribution in [0.25, 0.3) is 0 Å². The first kappa shape index (κ1) is 14.0. The predicted octanol–water partition coefficient (Wildman–Crippen LogP) is 2.47. The van der Waals surface area contributed by atoms with E-state index >= 15 is 0 Å². The van der Waals surface area contributed by atoms with E-state index in [1.54, 1.807) is 0 Å². The maximum atomic E-state index is 13.4. The van der Waals surface area contributed by atoms with Gasteiger partial charge in [-0.3, -0.25) is 9.78 Å². The van der Waals surface area contributed by atoms with Gasteiger partial charge in [-0.15, -0.1) is 0 Å². The van der Waals surface area contributed by atoms with E-state index in [1.165, 1.54) is 24.5 Å². The summed E-state index contributed by atoms with van der Waals surface area (Å²) in [6.45, 7) is 0.0423. The van der Waals surface area contributed by atoms with Crippen LogP contribution in [0.4, 0.5) is 13.2 Å². The molecule has 0 spiro atoms. The molecule has 2 rings (SSSR count). The molecule has 1 amide bonds. The van der Waals surface area contributed by atoms with Crippen LogP contribution in [0.15, 0.2) is 36.7 Å². The van der Waals surface area contributed by atoms with Crippen molar-refractivity contribution in [1.82, 2.24) is 10.3 Å². The number of halogens is 3. The summed E-state index contributed by atoms with van der Waals surface area (Å²) in [5, 5.41) is 2.52. The number of pyridine rings is 1. The second-order valence-electron chi connectivity index (χ2n) is 4.09. The van der Waals surface area contributed by atoms with Gasteiger partial charge in [-0.1, -0.05) is 0 Å². The number of benzene rings is 1. The van der Waals surface area contributed by atoms with Crippen LogP contribution in [0.5, 0.6) is 0 Å². The molecule has 0 aliphatic heterocycles. The summed E-state index contributed by atoms with van der Waals surface area (Å²) in [6, 6.07) is 4.27. The Morgan fingerprint density at radius 1 is 1.10 bits per heavy atom. The third kappa shape index (κ3) is 3.34. The summed E-state index contributed by atoms with van der Waals surface area (Å²) >= 11 is 0. The number of amides is 1. The van der Waals surface area contributed by atoms with E-state index in [0.717, 1.165) is 0 Å². The van der Waals surface area contributed by atoms with Gasteiger partial charge in [-0.25, -0.2) is 13.2 Å². The maximum Gasteiger partial charge on any atom is 0.251 e. The smallest absolute Gasteiger partial charge is 0.251 e. The molecule has 1 aromatic heterocycles. The van der Waals surface area contributed by atoms with E-state index in [9.17, 15) is 18.0 Å². The summed E-state index contributed by atoms with van der Waals surface area (Å²) in [7, 11) is 0. The zero-order valence-electron chi connectivity index (χ0n) is 10.4. The Labute approximate surface area is 113 Å². The molecule has 0 unspecified atom stereocenters. The molecule has 0 aliphatic rings. The number of hydrogen-bond acceptors (Lipinski definition) is 2. The van der Waals surface area contributed by atoms with Gasteiger partial charge >= 0.3 is 0 Å². The largest absolute Gasteiger partial charge is 0.352 e. The molecule has 1 heterocycles. The molecule has 0 aliphatic carbocycles. The van der Waals surface area contributed by atoms with Gasteiger partial charge in [0.1, 0.15) is 17.5 Å². The third-order valence-corrected chi connectivity index (χ3v) is 2.71. The van der Waals surface area contributed by atoms with Gasteiger partial charge < -0.3 is 5.32 Å². The van der Waals surface area contributed by atoms with E-state index in [0.29, 0.717) is 17.7 Å². The number of aromatic nitrogens is 1. The normalized spacial score (nSPS) is 10.3. The second kappa shape index (κ2) is 6.18. The van der Waals surface area contributed by atoms with Crippen LogP contribution in [0.1, 0.15) is 15.9 Å². The molecule has 0 radical (unpaired) electrons. The van der Waals surface area contributed by atoms with Crippen molar-refractivity contribution in [2.75, 3.05) is 6.54 Å². The molecule has 0 fully saturated rings. The summed E-state index contributed by atoms with van der Waals surface area (Å²) in [5.74, 6) is -3.25. The van der Waals surface area contributed by atoms with Crippen LogP contribution < -0.4 is 5.32 Å². The quantitative estimate of drug-likeness (QED) is 0.934. The molecule has 6 heteroatoms. The number of carbonyl (C=O) groups excluding carboxylic acids is 1. The molecule has 0 saturated heterocycles. The standard InChI is InChI=1S/C14H11F3N2O/c15-10-7-12(16)11(13(17)8-10)3-6-19-14(20)9-1-4-18-5-2-9/h1-2,4-5,7-8H,3,6H2,(H,19,20). The average Bonchev–Trinajstić information content (AvgIpc) is 2.42. The summed E-state index contributed by atoms with van der Waals surface area (Å²) in [5.41, 5.74) is 0.154. The van der Waals surface area contributed by atoms with Crippen LogP contribution >= 0.6 is 0 Å². The highest BCUT2D eigenvalue weighted by molar-refractivity contribution is 5.93. The molecule has 0 bridgehead atoms. The highest BCUT2D eigenvalue weighted by Gasteiger charge is 2.12. The van der Waals surface area contributed by atoms with Gasteiger partial charge in [-0.2, -0.15) is 0 Å². The van der Waals surface area contributed by atoms with Crippen molar-refractivity contribution in [2.24, 2.45) is 0 Å². The first-order valence-electron chi connectivity index (χ1n) is 5.89. The molecule has 0 saturated carbocycles. The molecular formula is C14H11F3N2O. The molecule has 20 heavy (non-hydrogen) atoms. The van der Waals surface area contributed by atoms with Crippen molar-refractivity contribution < 1.29 is 18.0 Å². The Morgan fingerprint density at radius 3 is 2.30 bits per heavy atom. The Hall–Kier alpha value is -2.37. The first-order chi connectivity index (χ1) is 9.58. The fourth-order valence-electron chi connectivity index (χ4n) is 1.72. The average molecular weight is 280 g/mol. The van der Waals surface area contributed by atoms with Crippen molar-refractivity contribution in [3.63, 3.8) is 0 Å². The lowest BCUT2D eigenvalue weighted by Crippen LogP contribution is -2.26. The van der Waals surface area contributed by atoms with Gasteiger partial charge in [0.05, 0.1) is 0 Å². The molecule has 0 atom stereocenters. The SMILES string of the molecule is O=C(NCCc1c(F)cc(F)cc1F)c1ccncc1. The van der Waals surface area contributed by atoms with Crippen LogP contribution in [0, 0.1) is 17.5 Å². The van der Waals surface area contributed by atoms with Gasteiger partial charge in [-0.05, 0) is 18.6 Å². The Balaban J connectivity index is 1.95. The van der Waals surface area contributed by atoms with Crippen LogP contribution in [-0.4, -0.2) is 17.4 Å². The van der Waals surface area contributed by atoms with E-state index in [2.05, 4.69) is 10.3 Å². The molecule has 3 nitrogen and oxygen atoms in total. The van der Waals surface area contributed by atoms with Crippen LogP contribution in [0.3, 0.4) is 0 Å². The summed E-state index contributed by atoms with van der Waals surface area (Å²) in [6.07, 6.45) is 2.87. The minimum Gasteiger partial charge on any atom is -0.352 e. The Morgan fingerprint density at radius 2 is 1.70 bits per heavy atom. The summed E-state index contributed by atoms with van der Waals surface area (Å²) in [4.78, 5) is 15.4. The lowest BCUT2D eigenvalue weighted by molar-refractivity contribution is 0.0953. The monoisotopic (exact) mass is 280 g/mol. The van der Waals surface area contributed by atoms with Crippen molar-refractivity contribution in [3.05, 3.63) is 65.2 Å². The zero-order chi connectivity index (χ0) is 14.5. The molecule has 104 valence electrons. The number of carbonyl (C=O) groups is 1. The third-order valence-electron chi connectivity index (χ3n) is 2.71. The van der Waals surface area contributed by atoms with Gasteiger partial charge in [0.15, 0.2) is 0 Å². The van der Waals surface area contributed by atoms with Gasteiger partial charge in [0.2, 0.25) is 0 Å². The van der Waals surface area contributed by atoms with Crippen LogP contribution in [0.2, 0.25) is 0 Å². The highest BCUT2D eigenvalue weighted by atomic mass is 19.1. The molecule has 2 aromatic rings. The van der Waals surface area contributed by atoms with Crippen molar-refractivity contribution in [2.45, 2.75) is 6.42 Å². The maximum absolute atomic E-state index is 13.4. The molecular weight excluding hydrogens is 269 g/mol. The van der Waals surface area contributed by atoms with Crippen molar-refractivity contribution in [3.8, 4) is 0 Å². The van der Waals surface area contributed by atoms with Crippen molar-refractivity contribution in [1.29, 1.82) is 0 Å². The van der Waals surface area contributed by atoms with Gasteiger partial charge in [0, 0.05) is 42.2 Å². The Bertz CT molecular complexity index is 594. The number of hydrogen-bond donors (Lipinski definition) is 1. The topological polar surface area (TPSA) is 42.0 Å². The van der Waals surface area contributed by atoms with E-state index in [-0.39, 0.29) is 24.4 Å². The van der Waals surface area contributed by atoms with E-state index < -0.39 is 17.5 Å². The molecule has 1 aromatic carbocycles. The fourth-order valence-corrected chi connectivity index (χ4v) is 1.72. The zero-order valence-corrected chi connectivity index (χ0v) is 10.4. The van der Waals surface area contributed by atoms with Crippen molar-refractivity contribution >= 4 is 5.91 Å². The lowest BCUT2D eigenvalue weighted by atomic mass is 10.1. The minimum atomic E-state index is -0.968. The lowest BCUT2D eigenvalue weighted by Gasteiger charge is -2.07. The predicted molar refractivity (Wildman–Crippen MR) is 66.6 cm³/mol. The van der Waals surface area contributed by atoms with E-state index in [1.807, 2.05) is 0 Å². The highest BCUT2D eigenvalue weighted by Crippen LogP contribution is 2.14. The first-order valence-corrected chi connectivity index (χ1v) is 5.89.